The molecule has 216 valence electrons. The summed E-state index contributed by atoms with van der Waals surface area (Å²) in [7, 11) is 0. The Balaban J connectivity index is 0.925. The van der Waals surface area contributed by atoms with Gasteiger partial charge in [0.25, 0.3) is 0 Å². The molecule has 6 heteroatoms. The molecule has 2 aromatic carbocycles. The monoisotopic (exact) mass is 552 g/mol. The molecule has 2 aromatic rings. The average Bonchev–Trinajstić information content (AvgIpc) is 3.42. The van der Waals surface area contributed by atoms with Crippen molar-refractivity contribution < 1.29 is 9.59 Å². The summed E-state index contributed by atoms with van der Waals surface area (Å²) >= 11 is 0. The van der Waals surface area contributed by atoms with E-state index in [0.717, 1.165) is 65.0 Å². The van der Waals surface area contributed by atoms with E-state index in [9.17, 15) is 9.59 Å². The van der Waals surface area contributed by atoms with Gasteiger partial charge in [-0.05, 0) is 43.2 Å². The highest BCUT2D eigenvalue weighted by molar-refractivity contribution is 5.80. The van der Waals surface area contributed by atoms with Crippen LogP contribution in [0.2, 0.25) is 0 Å². The van der Waals surface area contributed by atoms with Crippen molar-refractivity contribution in [3.8, 4) is 0 Å². The second-order valence-corrected chi connectivity index (χ2v) is 12.3. The summed E-state index contributed by atoms with van der Waals surface area (Å²) in [5.74, 6) is 0.505. The number of benzene rings is 2. The first-order valence-electron chi connectivity index (χ1n) is 15.6. The minimum atomic E-state index is 0.253. The summed E-state index contributed by atoms with van der Waals surface area (Å²) in [5.41, 5.74) is 2.45. The van der Waals surface area contributed by atoms with Crippen molar-refractivity contribution in [1.82, 2.24) is 19.6 Å². The summed E-state index contributed by atoms with van der Waals surface area (Å²) in [6.07, 6.45) is 14.9. The molecule has 6 nitrogen and oxygen atoms in total. The average molecular weight is 553 g/mol. The van der Waals surface area contributed by atoms with E-state index in [1.165, 1.54) is 11.1 Å². The molecule has 4 unspecified atom stereocenters. The minimum Gasteiger partial charge on any atom is -0.334 e. The van der Waals surface area contributed by atoms with Gasteiger partial charge >= 0.3 is 0 Å². The number of piperazine rings is 2. The molecule has 0 saturated carbocycles. The second kappa shape index (κ2) is 13.2. The molecule has 0 radical (unpaired) electrons. The van der Waals surface area contributed by atoms with E-state index in [2.05, 4.69) is 92.4 Å². The van der Waals surface area contributed by atoms with Gasteiger partial charge in [0, 0.05) is 76.3 Å². The second-order valence-electron chi connectivity index (χ2n) is 12.3. The molecular formula is C35H44N4O2. The fraction of sp³-hybridized carbons (Fsp3) is 0.486. The van der Waals surface area contributed by atoms with Crippen molar-refractivity contribution in [3.05, 3.63) is 83.9 Å². The van der Waals surface area contributed by atoms with Crippen LogP contribution in [0.25, 0.3) is 12.2 Å². The number of nitrogens with zero attached hydrogens (tertiary/aromatic N) is 4. The van der Waals surface area contributed by atoms with Crippen LogP contribution < -0.4 is 0 Å². The molecule has 4 aliphatic heterocycles. The first-order chi connectivity index (χ1) is 20.1. The Kier molecular flexibility index (Phi) is 8.97. The van der Waals surface area contributed by atoms with E-state index in [4.69, 9.17) is 0 Å². The van der Waals surface area contributed by atoms with Crippen LogP contribution >= 0.6 is 0 Å². The predicted molar refractivity (Wildman–Crippen MR) is 165 cm³/mol. The first-order valence-corrected chi connectivity index (χ1v) is 15.6. The van der Waals surface area contributed by atoms with Gasteiger partial charge in [0.05, 0.1) is 0 Å². The van der Waals surface area contributed by atoms with Crippen LogP contribution in [0.5, 0.6) is 0 Å². The van der Waals surface area contributed by atoms with E-state index in [-0.39, 0.29) is 11.8 Å². The Morgan fingerprint density at radius 2 is 0.951 bits per heavy atom. The van der Waals surface area contributed by atoms with Crippen LogP contribution in [0, 0.1) is 0 Å². The smallest absolute Gasteiger partial charge is 0.223 e. The van der Waals surface area contributed by atoms with E-state index in [1.807, 2.05) is 12.1 Å². The lowest BCUT2D eigenvalue weighted by atomic mass is 10.1. The van der Waals surface area contributed by atoms with Gasteiger partial charge in [0.15, 0.2) is 0 Å². The van der Waals surface area contributed by atoms with Crippen molar-refractivity contribution in [2.75, 3.05) is 39.3 Å². The topological polar surface area (TPSA) is 47.1 Å². The van der Waals surface area contributed by atoms with Crippen molar-refractivity contribution in [3.63, 3.8) is 0 Å². The molecule has 0 spiro atoms. The van der Waals surface area contributed by atoms with E-state index >= 15 is 0 Å². The maximum absolute atomic E-state index is 13.3. The maximum atomic E-state index is 13.3. The lowest BCUT2D eigenvalue weighted by Gasteiger charge is -2.41. The number of carbonyl (C=O) groups is 2. The molecule has 41 heavy (non-hydrogen) atoms. The normalized spacial score (nSPS) is 26.4. The molecule has 0 aliphatic carbocycles. The SMILES string of the molecule is O=C(CCCC(=O)N1C2CCC1CN(C/C=C/c1ccccc1)C2)N1C2CCC1CN(C/C=C/c1ccccc1)C2. The quantitative estimate of drug-likeness (QED) is 0.419. The molecular weight excluding hydrogens is 508 g/mol. The van der Waals surface area contributed by atoms with Gasteiger partial charge in [-0.2, -0.15) is 0 Å². The Bertz CT molecular complexity index is 1110. The third-order valence-corrected chi connectivity index (χ3v) is 9.42. The molecule has 4 heterocycles. The molecule has 4 aliphatic rings. The lowest BCUT2D eigenvalue weighted by molar-refractivity contribution is -0.138. The zero-order chi connectivity index (χ0) is 28.0. The molecule has 4 atom stereocenters. The van der Waals surface area contributed by atoms with Crippen LogP contribution in [-0.2, 0) is 9.59 Å². The summed E-state index contributed by atoms with van der Waals surface area (Å²) in [6, 6.07) is 22.1. The molecule has 0 N–H and O–H groups in total. The Morgan fingerprint density at radius 1 is 0.585 bits per heavy atom. The van der Waals surface area contributed by atoms with Crippen molar-refractivity contribution in [1.29, 1.82) is 0 Å². The highest BCUT2D eigenvalue weighted by Gasteiger charge is 2.43. The molecule has 4 fully saturated rings. The summed E-state index contributed by atoms with van der Waals surface area (Å²) < 4.78 is 0. The fourth-order valence-electron chi connectivity index (χ4n) is 7.55. The predicted octanol–water partition coefficient (Wildman–Crippen LogP) is 4.93. The van der Waals surface area contributed by atoms with Crippen LogP contribution in [0.15, 0.2) is 72.8 Å². The highest BCUT2D eigenvalue weighted by atomic mass is 16.2. The highest BCUT2D eigenvalue weighted by Crippen LogP contribution is 2.33. The minimum absolute atomic E-state index is 0.253. The molecule has 6 rings (SSSR count). The molecule has 0 aromatic heterocycles. The number of carbonyl (C=O) groups excluding carboxylic acids is 2. The van der Waals surface area contributed by atoms with Crippen LogP contribution in [0.1, 0.15) is 56.1 Å². The zero-order valence-corrected chi connectivity index (χ0v) is 24.2. The summed E-state index contributed by atoms with van der Waals surface area (Å²) in [4.78, 5) is 35.9. The largest absolute Gasteiger partial charge is 0.334 e. The van der Waals surface area contributed by atoms with Crippen molar-refractivity contribution >= 4 is 24.0 Å². The van der Waals surface area contributed by atoms with Crippen LogP contribution in [0.3, 0.4) is 0 Å². The number of likely N-dealkylation sites (tertiary alicyclic amines) is 2. The maximum Gasteiger partial charge on any atom is 0.223 e. The number of rotatable bonds is 10. The zero-order valence-electron chi connectivity index (χ0n) is 24.2. The fourth-order valence-corrected chi connectivity index (χ4v) is 7.55. The van der Waals surface area contributed by atoms with Gasteiger partial charge in [-0.1, -0.05) is 85.0 Å². The van der Waals surface area contributed by atoms with Crippen molar-refractivity contribution in [2.45, 2.75) is 69.1 Å². The van der Waals surface area contributed by atoms with Crippen molar-refractivity contribution in [2.24, 2.45) is 0 Å². The third-order valence-electron chi connectivity index (χ3n) is 9.42. The van der Waals surface area contributed by atoms with Gasteiger partial charge in [0.2, 0.25) is 11.8 Å². The molecule has 4 saturated heterocycles. The van der Waals surface area contributed by atoms with Gasteiger partial charge < -0.3 is 9.80 Å². The first kappa shape index (κ1) is 27.9. The lowest BCUT2D eigenvalue weighted by Crippen LogP contribution is -2.56. The van der Waals surface area contributed by atoms with E-state index < -0.39 is 0 Å². The van der Waals surface area contributed by atoms with Gasteiger partial charge in [0.1, 0.15) is 0 Å². The number of fused-ring (bicyclic) bond motifs is 4. The van der Waals surface area contributed by atoms with Gasteiger partial charge in [-0.25, -0.2) is 0 Å². The van der Waals surface area contributed by atoms with E-state index in [1.54, 1.807) is 0 Å². The standard InChI is InChI=1S/C35H44N4O2/c40-34(38-30-18-19-31(38)25-36(24-30)22-8-14-28-10-3-1-4-11-28)16-7-17-35(41)39-32-20-21-33(39)27-37(26-32)23-9-15-29-12-5-2-6-13-29/h1-6,8-15,30-33H,7,16-27H2/b14-8+,15-9+. The van der Waals surface area contributed by atoms with E-state index in [0.29, 0.717) is 43.4 Å². The number of hydrogen-bond donors (Lipinski definition) is 0. The summed E-state index contributed by atoms with van der Waals surface area (Å²) in [5, 5.41) is 0. The molecule has 4 bridgehead atoms. The van der Waals surface area contributed by atoms with Crippen LogP contribution in [0.4, 0.5) is 0 Å². The number of hydrogen-bond acceptors (Lipinski definition) is 4. The number of amides is 2. The van der Waals surface area contributed by atoms with Crippen LogP contribution in [-0.4, -0.2) is 94.8 Å². The van der Waals surface area contributed by atoms with Gasteiger partial charge in [-0.3, -0.25) is 19.4 Å². The third kappa shape index (κ3) is 6.82. The Labute approximate surface area is 245 Å². The molecule has 2 amide bonds. The van der Waals surface area contributed by atoms with Gasteiger partial charge in [-0.15, -0.1) is 0 Å². The Hall–Kier alpha value is -3.22. The Morgan fingerprint density at radius 3 is 1.32 bits per heavy atom. The summed E-state index contributed by atoms with van der Waals surface area (Å²) in [6.45, 7) is 5.67.